The number of methoxy groups -OCH3 is 1. The highest BCUT2D eigenvalue weighted by Gasteiger charge is 2.40. The molecule has 5 nitrogen and oxygen atoms in total. The number of nitrogens with one attached hydrogen (secondary N) is 1. The van der Waals surface area contributed by atoms with Crippen LogP contribution in [0.4, 0.5) is 5.69 Å². The Morgan fingerprint density at radius 1 is 1.20 bits per heavy atom. The van der Waals surface area contributed by atoms with Crippen molar-refractivity contribution in [2.24, 2.45) is 0 Å². The molecule has 2 saturated heterocycles. The largest absolute Gasteiger partial charge is 0.496 e. The number of benzene rings is 2. The molecule has 2 heterocycles. The molecule has 2 fully saturated rings. The van der Waals surface area contributed by atoms with Gasteiger partial charge in [0.2, 0.25) is 5.91 Å². The van der Waals surface area contributed by atoms with Gasteiger partial charge in [0.1, 0.15) is 5.75 Å². The van der Waals surface area contributed by atoms with E-state index < -0.39 is 0 Å². The molecule has 1 amide bonds. The fourth-order valence-electron chi connectivity index (χ4n) is 4.50. The first kappa shape index (κ1) is 21.4. The molecule has 0 spiro atoms. The summed E-state index contributed by atoms with van der Waals surface area (Å²) in [5, 5.41) is 4.81. The van der Waals surface area contributed by atoms with Crippen LogP contribution < -0.4 is 15.0 Å². The number of hydrogen-bond donors (Lipinski definition) is 1. The number of nitrogens with zero attached hydrogens (tertiary/aromatic N) is 1. The first-order valence-electron chi connectivity index (χ1n) is 10.3. The van der Waals surface area contributed by atoms with Crippen LogP contribution in [0, 0.1) is 0 Å². The van der Waals surface area contributed by atoms with E-state index in [0.717, 1.165) is 36.3 Å². The number of halogens is 2. The topological polar surface area (TPSA) is 50.8 Å². The van der Waals surface area contributed by atoms with Crippen LogP contribution in [0.25, 0.3) is 0 Å². The van der Waals surface area contributed by atoms with E-state index in [9.17, 15) is 4.79 Å². The lowest BCUT2D eigenvalue weighted by Crippen LogP contribution is -2.48. The molecule has 0 bridgehead atoms. The molecule has 1 N–H and O–H groups in total. The Kier molecular flexibility index (Phi) is 6.54. The van der Waals surface area contributed by atoms with Crippen LogP contribution in [-0.2, 0) is 14.9 Å². The van der Waals surface area contributed by atoms with E-state index in [-0.39, 0.29) is 17.4 Å². The summed E-state index contributed by atoms with van der Waals surface area (Å²) in [5.41, 5.74) is 1.64. The summed E-state index contributed by atoms with van der Waals surface area (Å²) in [7, 11) is 1.68. The van der Waals surface area contributed by atoms with Crippen molar-refractivity contribution in [3.8, 4) is 5.75 Å². The van der Waals surface area contributed by atoms with Gasteiger partial charge < -0.3 is 19.7 Å². The Morgan fingerprint density at radius 2 is 1.97 bits per heavy atom. The Hall–Kier alpha value is -1.79. The highest BCUT2D eigenvalue weighted by molar-refractivity contribution is 6.34. The molecule has 2 aromatic rings. The van der Waals surface area contributed by atoms with Gasteiger partial charge in [0.25, 0.3) is 0 Å². The van der Waals surface area contributed by atoms with Crippen molar-refractivity contribution < 1.29 is 14.3 Å². The second-order valence-corrected chi connectivity index (χ2v) is 8.74. The number of anilines is 1. The quantitative estimate of drug-likeness (QED) is 0.709. The van der Waals surface area contributed by atoms with Crippen molar-refractivity contribution in [1.82, 2.24) is 5.32 Å². The van der Waals surface area contributed by atoms with Crippen molar-refractivity contribution in [1.29, 1.82) is 0 Å². The summed E-state index contributed by atoms with van der Waals surface area (Å²) in [6.45, 7) is 2.64. The third kappa shape index (κ3) is 4.17. The van der Waals surface area contributed by atoms with E-state index >= 15 is 0 Å². The number of ether oxygens (including phenoxy) is 2. The SMILES string of the molecule is COc1ccc(Cl)cc1C1(CNC2CCN(c3ccccc3Cl)C2=O)CCOCC1. The normalized spacial score (nSPS) is 21.1. The van der Waals surface area contributed by atoms with Gasteiger partial charge in [0, 0.05) is 42.3 Å². The molecular weight excluding hydrogens is 423 g/mol. The highest BCUT2D eigenvalue weighted by atomic mass is 35.5. The maximum Gasteiger partial charge on any atom is 0.244 e. The second-order valence-electron chi connectivity index (χ2n) is 7.90. The van der Waals surface area contributed by atoms with Crippen molar-refractivity contribution in [3.05, 3.63) is 58.1 Å². The maximum atomic E-state index is 13.1. The van der Waals surface area contributed by atoms with Gasteiger partial charge in [0.05, 0.1) is 23.9 Å². The molecule has 30 heavy (non-hydrogen) atoms. The monoisotopic (exact) mass is 448 g/mol. The molecule has 1 unspecified atom stereocenters. The van der Waals surface area contributed by atoms with Gasteiger partial charge in [0.15, 0.2) is 0 Å². The fourth-order valence-corrected chi connectivity index (χ4v) is 4.91. The van der Waals surface area contributed by atoms with Gasteiger partial charge in [-0.05, 0) is 49.6 Å². The summed E-state index contributed by atoms with van der Waals surface area (Å²) in [5.74, 6) is 0.877. The van der Waals surface area contributed by atoms with Crippen LogP contribution in [0.1, 0.15) is 24.8 Å². The molecule has 2 aliphatic heterocycles. The molecule has 2 aromatic carbocycles. The summed E-state index contributed by atoms with van der Waals surface area (Å²) in [6.07, 6.45) is 2.42. The Morgan fingerprint density at radius 3 is 2.70 bits per heavy atom. The molecule has 7 heteroatoms. The van der Waals surface area contributed by atoms with E-state index in [1.54, 1.807) is 12.0 Å². The number of carbonyl (C=O) groups is 1. The minimum Gasteiger partial charge on any atom is -0.496 e. The predicted octanol–water partition coefficient (Wildman–Crippen LogP) is 4.45. The van der Waals surface area contributed by atoms with Gasteiger partial charge in [-0.3, -0.25) is 4.79 Å². The number of para-hydroxylation sites is 1. The van der Waals surface area contributed by atoms with Crippen molar-refractivity contribution in [2.45, 2.75) is 30.7 Å². The summed E-state index contributed by atoms with van der Waals surface area (Å²) >= 11 is 12.6. The van der Waals surface area contributed by atoms with Crippen LogP contribution in [0.2, 0.25) is 10.0 Å². The van der Waals surface area contributed by atoms with E-state index in [2.05, 4.69) is 5.32 Å². The summed E-state index contributed by atoms with van der Waals surface area (Å²) in [6, 6.07) is 13.0. The van der Waals surface area contributed by atoms with Gasteiger partial charge in [-0.2, -0.15) is 0 Å². The Labute approximate surface area is 187 Å². The molecule has 0 radical (unpaired) electrons. The van der Waals surface area contributed by atoms with Crippen molar-refractivity contribution >= 4 is 34.8 Å². The number of amides is 1. The first-order valence-corrected chi connectivity index (χ1v) is 11.0. The minimum absolute atomic E-state index is 0.0587. The van der Waals surface area contributed by atoms with Crippen LogP contribution in [0.5, 0.6) is 5.75 Å². The molecule has 160 valence electrons. The number of rotatable bonds is 6. The van der Waals surface area contributed by atoms with Crippen LogP contribution >= 0.6 is 23.2 Å². The van der Waals surface area contributed by atoms with Gasteiger partial charge in [-0.1, -0.05) is 35.3 Å². The number of carbonyl (C=O) groups excluding carboxylic acids is 1. The number of hydrogen-bond acceptors (Lipinski definition) is 4. The van der Waals surface area contributed by atoms with Crippen LogP contribution in [-0.4, -0.2) is 45.4 Å². The minimum atomic E-state index is -0.244. The van der Waals surface area contributed by atoms with E-state index in [1.807, 2.05) is 42.5 Å². The zero-order chi connectivity index (χ0) is 21.1. The van der Waals surface area contributed by atoms with E-state index in [4.69, 9.17) is 32.7 Å². The highest BCUT2D eigenvalue weighted by Crippen LogP contribution is 2.41. The van der Waals surface area contributed by atoms with Gasteiger partial charge in [-0.15, -0.1) is 0 Å². The summed E-state index contributed by atoms with van der Waals surface area (Å²) < 4.78 is 11.3. The molecule has 4 rings (SSSR count). The molecule has 0 aliphatic carbocycles. The molecular formula is C23H26Cl2N2O3. The third-order valence-electron chi connectivity index (χ3n) is 6.22. The smallest absolute Gasteiger partial charge is 0.244 e. The fraction of sp³-hybridized carbons (Fsp3) is 0.435. The van der Waals surface area contributed by atoms with Crippen molar-refractivity contribution in [3.63, 3.8) is 0 Å². The van der Waals surface area contributed by atoms with Gasteiger partial charge >= 0.3 is 0 Å². The molecule has 0 saturated carbocycles. The van der Waals surface area contributed by atoms with Gasteiger partial charge in [-0.25, -0.2) is 0 Å². The molecule has 1 atom stereocenters. The van der Waals surface area contributed by atoms with E-state index in [1.165, 1.54) is 0 Å². The third-order valence-corrected chi connectivity index (χ3v) is 6.77. The molecule has 0 aromatic heterocycles. The lowest BCUT2D eigenvalue weighted by atomic mass is 9.73. The average Bonchev–Trinajstić information content (AvgIpc) is 3.13. The Balaban J connectivity index is 1.54. The average molecular weight is 449 g/mol. The van der Waals surface area contributed by atoms with Crippen LogP contribution in [0.3, 0.4) is 0 Å². The molecule has 2 aliphatic rings. The lowest BCUT2D eigenvalue weighted by molar-refractivity contribution is -0.118. The van der Waals surface area contributed by atoms with Crippen LogP contribution in [0.15, 0.2) is 42.5 Å². The van der Waals surface area contributed by atoms with E-state index in [0.29, 0.717) is 36.3 Å². The zero-order valence-electron chi connectivity index (χ0n) is 17.0. The predicted molar refractivity (Wildman–Crippen MR) is 120 cm³/mol. The second kappa shape index (κ2) is 9.15. The maximum absolute atomic E-state index is 13.1. The Bertz CT molecular complexity index is 915. The zero-order valence-corrected chi connectivity index (χ0v) is 18.5. The lowest BCUT2D eigenvalue weighted by Gasteiger charge is -2.39. The summed E-state index contributed by atoms with van der Waals surface area (Å²) in [4.78, 5) is 14.9. The van der Waals surface area contributed by atoms with Crippen molar-refractivity contribution in [2.75, 3.05) is 38.3 Å². The standard InChI is InChI=1S/C23H26Cl2N2O3/c1-29-21-7-6-16(24)14-17(21)23(9-12-30-13-10-23)15-26-19-8-11-27(22(19)28)20-5-3-2-4-18(20)25/h2-7,14,19,26H,8-13,15H2,1H3. The first-order chi connectivity index (χ1) is 14.5.